The van der Waals surface area contributed by atoms with Crippen LogP contribution < -0.4 is 5.56 Å². The van der Waals surface area contributed by atoms with Gasteiger partial charge in [-0.05, 0) is 31.5 Å². The van der Waals surface area contributed by atoms with Crippen molar-refractivity contribution in [3.05, 3.63) is 44.2 Å². The minimum absolute atomic E-state index is 0.00688. The number of nitrogens with one attached hydrogen (secondary N) is 1. The predicted octanol–water partition coefficient (Wildman–Crippen LogP) is 4.60. The molecule has 5 nitrogen and oxygen atoms in total. The van der Waals surface area contributed by atoms with Crippen molar-refractivity contribution in [1.82, 2.24) is 4.98 Å². The summed E-state index contributed by atoms with van der Waals surface area (Å²) in [6.07, 6.45) is -0.00688. The van der Waals surface area contributed by atoms with Crippen molar-refractivity contribution < 1.29 is 13.6 Å². The number of aromatic nitrogens is 1. The van der Waals surface area contributed by atoms with Crippen molar-refractivity contribution in [3.63, 3.8) is 0 Å². The molecule has 2 rings (SSSR count). The summed E-state index contributed by atoms with van der Waals surface area (Å²) in [6.45, 7) is 3.98. The van der Waals surface area contributed by atoms with Gasteiger partial charge in [-0.3, -0.25) is 9.36 Å². The fourth-order valence-electron chi connectivity index (χ4n) is 2.18. The zero-order chi connectivity index (χ0) is 16.3. The standard InChI is InChI=1S/C14H16Cl2NO4P/c1-3-20-22(19,21-4-2)8-9-5-14(18)17-13-7-12(16)11(15)6-10(9)13/h5-7H,3-4,8H2,1-2H3,(H,17,18). The quantitative estimate of drug-likeness (QED) is 0.761. The third-order valence-corrected chi connectivity index (χ3v) is 5.74. The van der Waals surface area contributed by atoms with Crippen LogP contribution in [0.5, 0.6) is 0 Å². The number of hydrogen-bond acceptors (Lipinski definition) is 4. The maximum absolute atomic E-state index is 12.7. The van der Waals surface area contributed by atoms with E-state index in [4.69, 9.17) is 32.2 Å². The van der Waals surface area contributed by atoms with Crippen molar-refractivity contribution in [2.75, 3.05) is 13.2 Å². The number of rotatable bonds is 6. The summed E-state index contributed by atoms with van der Waals surface area (Å²) in [5, 5.41) is 1.35. The van der Waals surface area contributed by atoms with E-state index in [1.165, 1.54) is 6.07 Å². The summed E-state index contributed by atoms with van der Waals surface area (Å²) in [6, 6.07) is 4.57. The Labute approximate surface area is 138 Å². The van der Waals surface area contributed by atoms with Crippen LogP contribution in [0.2, 0.25) is 10.0 Å². The van der Waals surface area contributed by atoms with E-state index in [1.807, 2.05) is 0 Å². The van der Waals surface area contributed by atoms with E-state index in [2.05, 4.69) is 4.98 Å². The highest BCUT2D eigenvalue weighted by atomic mass is 35.5. The lowest BCUT2D eigenvalue weighted by Gasteiger charge is -2.18. The largest absolute Gasteiger partial charge is 0.335 e. The van der Waals surface area contributed by atoms with Crippen LogP contribution in [0.1, 0.15) is 19.4 Å². The van der Waals surface area contributed by atoms with E-state index in [0.717, 1.165) is 0 Å². The van der Waals surface area contributed by atoms with Crippen LogP contribution in [0.15, 0.2) is 23.0 Å². The average molecular weight is 364 g/mol. The van der Waals surface area contributed by atoms with Gasteiger partial charge in [0.15, 0.2) is 0 Å². The molecule has 2 aromatic rings. The van der Waals surface area contributed by atoms with Gasteiger partial charge < -0.3 is 14.0 Å². The van der Waals surface area contributed by atoms with Crippen LogP contribution >= 0.6 is 30.8 Å². The number of hydrogen-bond donors (Lipinski definition) is 1. The minimum atomic E-state index is -3.32. The smallest absolute Gasteiger partial charge is 0.322 e. The first-order valence-electron chi connectivity index (χ1n) is 6.77. The Bertz CT molecular complexity index is 780. The Morgan fingerprint density at radius 1 is 1.09 bits per heavy atom. The van der Waals surface area contributed by atoms with Crippen LogP contribution in [-0.2, 0) is 19.8 Å². The second kappa shape index (κ2) is 7.16. The molecule has 0 amide bonds. The van der Waals surface area contributed by atoms with Gasteiger partial charge in [0.1, 0.15) is 0 Å². The van der Waals surface area contributed by atoms with Crippen molar-refractivity contribution in [1.29, 1.82) is 0 Å². The Morgan fingerprint density at radius 3 is 2.27 bits per heavy atom. The molecule has 1 heterocycles. The van der Waals surface area contributed by atoms with Gasteiger partial charge in [0, 0.05) is 11.5 Å². The van der Waals surface area contributed by atoms with E-state index in [9.17, 15) is 9.36 Å². The van der Waals surface area contributed by atoms with E-state index in [1.54, 1.807) is 26.0 Å². The van der Waals surface area contributed by atoms with E-state index in [-0.39, 0.29) is 24.9 Å². The number of aromatic amines is 1. The molecule has 0 saturated carbocycles. The number of benzene rings is 1. The second-order valence-electron chi connectivity index (χ2n) is 4.58. The van der Waals surface area contributed by atoms with E-state index < -0.39 is 7.60 Å². The molecule has 1 aromatic heterocycles. The molecule has 0 radical (unpaired) electrons. The Balaban J connectivity index is 2.57. The molecular weight excluding hydrogens is 348 g/mol. The highest BCUT2D eigenvalue weighted by molar-refractivity contribution is 7.53. The van der Waals surface area contributed by atoms with E-state index in [0.29, 0.717) is 26.5 Å². The summed E-state index contributed by atoms with van der Waals surface area (Å²) in [5.74, 6) is 0. The van der Waals surface area contributed by atoms with Gasteiger partial charge in [-0.2, -0.15) is 0 Å². The number of H-pyrrole nitrogens is 1. The van der Waals surface area contributed by atoms with Crippen molar-refractivity contribution in [2.24, 2.45) is 0 Å². The van der Waals surface area contributed by atoms with Crippen LogP contribution in [0.4, 0.5) is 0 Å². The molecule has 1 aromatic carbocycles. The van der Waals surface area contributed by atoms with Crippen LogP contribution in [-0.4, -0.2) is 18.2 Å². The molecule has 0 atom stereocenters. The average Bonchev–Trinajstić information content (AvgIpc) is 2.41. The predicted molar refractivity (Wildman–Crippen MR) is 89.2 cm³/mol. The number of halogens is 2. The Morgan fingerprint density at radius 2 is 1.68 bits per heavy atom. The minimum Gasteiger partial charge on any atom is -0.322 e. The highest BCUT2D eigenvalue weighted by Gasteiger charge is 2.25. The number of fused-ring (bicyclic) bond motifs is 1. The highest BCUT2D eigenvalue weighted by Crippen LogP contribution is 2.52. The van der Waals surface area contributed by atoms with Crippen LogP contribution in [0, 0.1) is 0 Å². The monoisotopic (exact) mass is 363 g/mol. The summed E-state index contributed by atoms with van der Waals surface area (Å²) in [5.41, 5.74) is 0.749. The van der Waals surface area contributed by atoms with Gasteiger partial charge in [-0.15, -0.1) is 0 Å². The molecule has 1 N–H and O–H groups in total. The molecule has 0 unspecified atom stereocenters. The summed E-state index contributed by atoms with van der Waals surface area (Å²) in [4.78, 5) is 14.5. The molecule has 0 bridgehead atoms. The molecule has 0 fully saturated rings. The SMILES string of the molecule is CCOP(=O)(Cc1cc(=O)[nH]c2cc(Cl)c(Cl)cc12)OCC. The lowest BCUT2D eigenvalue weighted by atomic mass is 10.1. The van der Waals surface area contributed by atoms with Crippen molar-refractivity contribution in [3.8, 4) is 0 Å². The molecule has 0 aliphatic carbocycles. The van der Waals surface area contributed by atoms with Gasteiger partial charge >= 0.3 is 7.60 Å². The molecule has 22 heavy (non-hydrogen) atoms. The molecule has 0 spiro atoms. The maximum Gasteiger partial charge on any atom is 0.335 e. The number of pyridine rings is 1. The van der Waals surface area contributed by atoms with Gasteiger partial charge in [-0.25, -0.2) is 0 Å². The lowest BCUT2D eigenvalue weighted by Crippen LogP contribution is -2.08. The van der Waals surface area contributed by atoms with E-state index >= 15 is 0 Å². The fourth-order valence-corrected chi connectivity index (χ4v) is 4.23. The molecule has 0 saturated heterocycles. The molecule has 120 valence electrons. The normalized spacial score (nSPS) is 12.0. The topological polar surface area (TPSA) is 68.4 Å². The van der Waals surface area contributed by atoms with Gasteiger partial charge in [0.25, 0.3) is 0 Å². The summed E-state index contributed by atoms with van der Waals surface area (Å²) >= 11 is 12.0. The molecule has 8 heteroatoms. The lowest BCUT2D eigenvalue weighted by molar-refractivity contribution is 0.219. The Hall–Kier alpha value is -0.840. The van der Waals surface area contributed by atoms with Gasteiger partial charge in [0.2, 0.25) is 5.56 Å². The van der Waals surface area contributed by atoms with Gasteiger partial charge in [-0.1, -0.05) is 23.2 Å². The summed E-state index contributed by atoms with van der Waals surface area (Å²) < 4.78 is 23.2. The second-order valence-corrected chi connectivity index (χ2v) is 7.44. The van der Waals surface area contributed by atoms with Crippen molar-refractivity contribution in [2.45, 2.75) is 20.0 Å². The van der Waals surface area contributed by atoms with Crippen LogP contribution in [0.25, 0.3) is 10.9 Å². The molecule has 0 aliphatic rings. The maximum atomic E-state index is 12.7. The first-order chi connectivity index (χ1) is 10.4. The molecular formula is C14H16Cl2NO4P. The van der Waals surface area contributed by atoms with Gasteiger partial charge in [0.05, 0.1) is 34.9 Å². The van der Waals surface area contributed by atoms with Crippen molar-refractivity contribution >= 4 is 41.7 Å². The molecule has 0 aliphatic heterocycles. The first-order valence-corrected chi connectivity index (χ1v) is 9.26. The third kappa shape index (κ3) is 3.92. The zero-order valence-corrected chi connectivity index (χ0v) is 14.6. The van der Waals surface area contributed by atoms with Crippen LogP contribution in [0.3, 0.4) is 0 Å². The third-order valence-electron chi connectivity index (χ3n) is 2.99. The fraction of sp³-hybridized carbons (Fsp3) is 0.357. The first kappa shape index (κ1) is 17.5. The summed E-state index contributed by atoms with van der Waals surface area (Å²) in [7, 11) is -3.32. The zero-order valence-electron chi connectivity index (χ0n) is 12.2. The Kier molecular flexibility index (Phi) is 5.70.